The molecule has 1 aromatic carbocycles. The first kappa shape index (κ1) is 13.9. The molecule has 0 aromatic heterocycles. The molecule has 1 heterocycles. The van der Waals surface area contributed by atoms with Gasteiger partial charge in [-0.1, -0.05) is 18.2 Å². The zero-order valence-electron chi connectivity index (χ0n) is 11.7. The molecule has 1 fully saturated rings. The maximum atomic E-state index is 12.4. The Balaban J connectivity index is 2.07. The lowest BCUT2D eigenvalue weighted by atomic mass is 10.1. The molecule has 2 rings (SSSR count). The van der Waals surface area contributed by atoms with Crippen LogP contribution in [-0.2, 0) is 11.2 Å². The van der Waals surface area contributed by atoms with Gasteiger partial charge < -0.3 is 15.0 Å². The highest BCUT2D eigenvalue weighted by atomic mass is 16.5. The minimum absolute atomic E-state index is 0.181. The number of rotatable bonds is 3. The molecule has 1 N–H and O–H groups in total. The Kier molecular flexibility index (Phi) is 4.80. The minimum atomic E-state index is 0.181. The third kappa shape index (κ3) is 3.47. The molecule has 0 bridgehead atoms. The summed E-state index contributed by atoms with van der Waals surface area (Å²) in [5.41, 5.74) is 0.958. The topological polar surface area (TPSA) is 41.6 Å². The monoisotopic (exact) mass is 262 g/mol. The number of carbonyl (C=O) groups is 1. The quantitative estimate of drug-likeness (QED) is 0.896. The minimum Gasteiger partial charge on any atom is -0.496 e. The number of carbonyl (C=O) groups excluding carboxylic acids is 1. The van der Waals surface area contributed by atoms with Gasteiger partial charge in [-0.05, 0) is 26.0 Å². The number of hydrogen-bond donors (Lipinski definition) is 1. The van der Waals surface area contributed by atoms with Crippen molar-refractivity contribution in [1.29, 1.82) is 0 Å². The molecule has 0 aliphatic carbocycles. The van der Waals surface area contributed by atoms with E-state index in [1.165, 1.54) is 0 Å². The van der Waals surface area contributed by atoms with Gasteiger partial charge in [0, 0.05) is 24.7 Å². The van der Waals surface area contributed by atoms with E-state index in [2.05, 4.69) is 12.2 Å². The van der Waals surface area contributed by atoms with Crippen molar-refractivity contribution >= 4 is 5.91 Å². The molecule has 1 unspecified atom stereocenters. The fourth-order valence-corrected chi connectivity index (χ4v) is 2.50. The molecule has 4 heteroatoms. The summed E-state index contributed by atoms with van der Waals surface area (Å²) >= 11 is 0. The lowest BCUT2D eigenvalue weighted by Crippen LogP contribution is -2.40. The number of methoxy groups -OCH3 is 1. The highest BCUT2D eigenvalue weighted by Gasteiger charge is 2.22. The zero-order chi connectivity index (χ0) is 13.7. The molecule has 0 radical (unpaired) electrons. The van der Waals surface area contributed by atoms with Crippen molar-refractivity contribution in [2.45, 2.75) is 25.8 Å². The van der Waals surface area contributed by atoms with Crippen LogP contribution < -0.4 is 10.1 Å². The van der Waals surface area contributed by atoms with Gasteiger partial charge in [-0.15, -0.1) is 0 Å². The summed E-state index contributed by atoms with van der Waals surface area (Å²) in [6.45, 7) is 4.77. The summed E-state index contributed by atoms with van der Waals surface area (Å²) in [6.07, 6.45) is 1.42. The Morgan fingerprint density at radius 2 is 2.21 bits per heavy atom. The summed E-state index contributed by atoms with van der Waals surface area (Å²) in [6, 6.07) is 8.02. The van der Waals surface area contributed by atoms with Gasteiger partial charge in [0.2, 0.25) is 5.91 Å². The highest BCUT2D eigenvalue weighted by molar-refractivity contribution is 5.79. The van der Waals surface area contributed by atoms with E-state index in [1.54, 1.807) is 7.11 Å². The number of nitrogens with zero attached hydrogens (tertiary/aromatic N) is 1. The molecule has 1 amide bonds. The molecular weight excluding hydrogens is 240 g/mol. The molecule has 1 aliphatic rings. The number of nitrogens with one attached hydrogen (secondary N) is 1. The summed E-state index contributed by atoms with van der Waals surface area (Å²) in [5, 5.41) is 3.33. The van der Waals surface area contributed by atoms with E-state index >= 15 is 0 Å². The second-order valence-electron chi connectivity index (χ2n) is 4.96. The smallest absolute Gasteiger partial charge is 0.227 e. The van der Waals surface area contributed by atoms with E-state index in [0.29, 0.717) is 12.5 Å². The van der Waals surface area contributed by atoms with Crippen molar-refractivity contribution in [2.24, 2.45) is 0 Å². The predicted octanol–water partition coefficient (Wildman–Crippen LogP) is 1.45. The second-order valence-corrected chi connectivity index (χ2v) is 4.96. The van der Waals surface area contributed by atoms with Crippen LogP contribution in [0.15, 0.2) is 24.3 Å². The average molecular weight is 262 g/mol. The molecule has 19 heavy (non-hydrogen) atoms. The van der Waals surface area contributed by atoms with E-state index in [0.717, 1.165) is 37.4 Å². The van der Waals surface area contributed by atoms with Crippen LogP contribution in [0.2, 0.25) is 0 Å². The molecule has 104 valence electrons. The largest absolute Gasteiger partial charge is 0.496 e. The van der Waals surface area contributed by atoms with Crippen molar-refractivity contribution in [3.05, 3.63) is 29.8 Å². The standard InChI is InChI=1S/C15H22N2O2/c1-12-7-8-16-9-10-17(12)15(18)11-13-5-3-4-6-14(13)19-2/h3-6,12,16H,7-11H2,1-2H3. The number of hydrogen-bond acceptors (Lipinski definition) is 3. The van der Waals surface area contributed by atoms with Gasteiger partial charge >= 0.3 is 0 Å². The molecule has 1 atom stereocenters. The third-order valence-corrected chi connectivity index (χ3v) is 3.65. The van der Waals surface area contributed by atoms with Crippen LogP contribution in [0, 0.1) is 0 Å². The van der Waals surface area contributed by atoms with E-state index < -0.39 is 0 Å². The maximum absolute atomic E-state index is 12.4. The van der Waals surface area contributed by atoms with Crippen LogP contribution >= 0.6 is 0 Å². The van der Waals surface area contributed by atoms with Crippen molar-refractivity contribution in [3.63, 3.8) is 0 Å². The van der Waals surface area contributed by atoms with Crippen LogP contribution in [0.3, 0.4) is 0 Å². The predicted molar refractivity (Wildman–Crippen MR) is 75.4 cm³/mol. The van der Waals surface area contributed by atoms with Crippen molar-refractivity contribution in [3.8, 4) is 5.75 Å². The Bertz CT molecular complexity index is 434. The molecule has 4 nitrogen and oxygen atoms in total. The Labute approximate surface area is 114 Å². The summed E-state index contributed by atoms with van der Waals surface area (Å²) in [5.74, 6) is 0.970. The summed E-state index contributed by atoms with van der Waals surface area (Å²) < 4.78 is 5.30. The molecule has 1 aliphatic heterocycles. The lowest BCUT2D eigenvalue weighted by molar-refractivity contribution is -0.132. The van der Waals surface area contributed by atoms with Crippen LogP contribution in [-0.4, -0.2) is 43.6 Å². The first-order valence-corrected chi connectivity index (χ1v) is 6.84. The Morgan fingerprint density at radius 3 is 3.00 bits per heavy atom. The number of para-hydroxylation sites is 1. The Morgan fingerprint density at radius 1 is 1.42 bits per heavy atom. The SMILES string of the molecule is COc1ccccc1CC(=O)N1CCNCCC1C. The molecule has 1 saturated heterocycles. The highest BCUT2D eigenvalue weighted by Crippen LogP contribution is 2.19. The molecular formula is C15H22N2O2. The van der Waals surface area contributed by atoms with Gasteiger partial charge in [0.25, 0.3) is 0 Å². The first-order valence-electron chi connectivity index (χ1n) is 6.84. The van der Waals surface area contributed by atoms with Crippen molar-refractivity contribution in [1.82, 2.24) is 10.2 Å². The maximum Gasteiger partial charge on any atom is 0.227 e. The van der Waals surface area contributed by atoms with Crippen LogP contribution in [0.1, 0.15) is 18.9 Å². The Hall–Kier alpha value is -1.55. The van der Waals surface area contributed by atoms with Gasteiger partial charge in [-0.25, -0.2) is 0 Å². The summed E-state index contributed by atoms with van der Waals surface area (Å²) in [7, 11) is 1.64. The van der Waals surface area contributed by atoms with Gasteiger partial charge in [0.05, 0.1) is 13.5 Å². The molecule has 0 saturated carbocycles. The van der Waals surface area contributed by atoms with Crippen LogP contribution in [0.25, 0.3) is 0 Å². The van der Waals surface area contributed by atoms with Gasteiger partial charge in [0.15, 0.2) is 0 Å². The third-order valence-electron chi connectivity index (χ3n) is 3.65. The average Bonchev–Trinajstić information content (AvgIpc) is 2.64. The molecule has 1 aromatic rings. The first-order chi connectivity index (χ1) is 9.22. The molecule has 0 spiro atoms. The van der Waals surface area contributed by atoms with E-state index in [1.807, 2.05) is 29.2 Å². The number of benzene rings is 1. The fraction of sp³-hybridized carbons (Fsp3) is 0.533. The fourth-order valence-electron chi connectivity index (χ4n) is 2.50. The van der Waals surface area contributed by atoms with Crippen molar-refractivity contribution in [2.75, 3.05) is 26.7 Å². The van der Waals surface area contributed by atoms with E-state index in [4.69, 9.17) is 4.74 Å². The normalized spacial score (nSPS) is 19.9. The number of amides is 1. The zero-order valence-corrected chi connectivity index (χ0v) is 11.7. The van der Waals surface area contributed by atoms with Gasteiger partial charge in [-0.3, -0.25) is 4.79 Å². The number of ether oxygens (including phenoxy) is 1. The van der Waals surface area contributed by atoms with Crippen molar-refractivity contribution < 1.29 is 9.53 Å². The summed E-state index contributed by atoms with van der Waals surface area (Å²) in [4.78, 5) is 14.4. The van der Waals surface area contributed by atoms with E-state index in [9.17, 15) is 4.79 Å². The van der Waals surface area contributed by atoms with Gasteiger partial charge in [0.1, 0.15) is 5.75 Å². The second kappa shape index (κ2) is 6.57. The van der Waals surface area contributed by atoms with Crippen LogP contribution in [0.4, 0.5) is 0 Å². The van der Waals surface area contributed by atoms with Gasteiger partial charge in [-0.2, -0.15) is 0 Å². The lowest BCUT2D eigenvalue weighted by Gasteiger charge is -2.27. The van der Waals surface area contributed by atoms with E-state index in [-0.39, 0.29) is 5.91 Å². The van der Waals surface area contributed by atoms with Crippen LogP contribution in [0.5, 0.6) is 5.75 Å².